The Bertz CT molecular complexity index is 345. The molecule has 2 nitrogen and oxygen atoms in total. The van der Waals surface area contributed by atoms with E-state index in [2.05, 4.69) is 12.1 Å². The summed E-state index contributed by atoms with van der Waals surface area (Å²) >= 11 is 0. The lowest BCUT2D eigenvalue weighted by Crippen LogP contribution is -2.21. The fourth-order valence-corrected chi connectivity index (χ4v) is 2.03. The standard InChI is InChI=1S/C13H16O2/c1-2-12(14)13(15)11-8-10(11)9-6-4-3-5-7-9/h3-7,10-12,14H,2,8H2,1H3. The summed E-state index contributed by atoms with van der Waals surface area (Å²) in [7, 11) is 0. The molecule has 0 aliphatic heterocycles. The van der Waals surface area contributed by atoms with Gasteiger partial charge in [-0.1, -0.05) is 37.3 Å². The zero-order chi connectivity index (χ0) is 10.8. The number of hydrogen-bond acceptors (Lipinski definition) is 2. The van der Waals surface area contributed by atoms with E-state index in [4.69, 9.17) is 0 Å². The highest BCUT2D eigenvalue weighted by Gasteiger charge is 2.45. The molecule has 3 atom stereocenters. The largest absolute Gasteiger partial charge is 0.385 e. The first-order chi connectivity index (χ1) is 7.24. The summed E-state index contributed by atoms with van der Waals surface area (Å²) in [6, 6.07) is 10.1. The molecule has 1 aromatic carbocycles. The minimum Gasteiger partial charge on any atom is -0.385 e. The van der Waals surface area contributed by atoms with Gasteiger partial charge < -0.3 is 5.11 Å². The average Bonchev–Trinajstić information content (AvgIpc) is 3.08. The molecule has 1 saturated carbocycles. The number of rotatable bonds is 4. The zero-order valence-electron chi connectivity index (χ0n) is 8.89. The second-order valence-electron chi connectivity index (χ2n) is 4.19. The third kappa shape index (κ3) is 2.10. The Labute approximate surface area is 89.9 Å². The highest BCUT2D eigenvalue weighted by molar-refractivity contribution is 5.88. The van der Waals surface area contributed by atoms with Crippen LogP contribution in [0.15, 0.2) is 30.3 Å². The van der Waals surface area contributed by atoms with Crippen LogP contribution in [0.5, 0.6) is 0 Å². The van der Waals surface area contributed by atoms with Crippen molar-refractivity contribution in [3.8, 4) is 0 Å². The summed E-state index contributed by atoms with van der Waals surface area (Å²) in [5, 5.41) is 9.45. The number of benzene rings is 1. The van der Waals surface area contributed by atoms with E-state index in [0.29, 0.717) is 12.3 Å². The number of hydrogen-bond donors (Lipinski definition) is 1. The number of aliphatic hydroxyl groups excluding tert-OH is 1. The highest BCUT2D eigenvalue weighted by Crippen LogP contribution is 2.48. The zero-order valence-corrected chi connectivity index (χ0v) is 8.89. The third-order valence-electron chi connectivity index (χ3n) is 3.10. The van der Waals surface area contributed by atoms with Gasteiger partial charge in [0.1, 0.15) is 6.10 Å². The normalized spacial score (nSPS) is 26.0. The lowest BCUT2D eigenvalue weighted by Gasteiger charge is -2.05. The number of Topliss-reactive ketones (excluding diaryl/α,β-unsaturated/α-hetero) is 1. The van der Waals surface area contributed by atoms with Crippen molar-refractivity contribution in [2.75, 3.05) is 0 Å². The molecule has 1 N–H and O–H groups in total. The maximum Gasteiger partial charge on any atom is 0.164 e. The summed E-state index contributed by atoms with van der Waals surface area (Å²) in [5.74, 6) is 0.425. The molecule has 0 bridgehead atoms. The fraction of sp³-hybridized carbons (Fsp3) is 0.462. The highest BCUT2D eigenvalue weighted by atomic mass is 16.3. The summed E-state index contributed by atoms with van der Waals surface area (Å²) in [6.07, 6.45) is 0.667. The van der Waals surface area contributed by atoms with Crippen LogP contribution in [0.4, 0.5) is 0 Å². The van der Waals surface area contributed by atoms with Crippen molar-refractivity contribution in [1.29, 1.82) is 0 Å². The minimum atomic E-state index is -0.760. The number of carbonyl (C=O) groups excluding carboxylic acids is 1. The Hall–Kier alpha value is -1.15. The van der Waals surface area contributed by atoms with E-state index in [1.54, 1.807) is 0 Å². The molecule has 0 radical (unpaired) electrons. The molecular formula is C13H16O2. The maximum atomic E-state index is 11.7. The van der Waals surface area contributed by atoms with Crippen LogP contribution >= 0.6 is 0 Å². The molecule has 0 aromatic heterocycles. The van der Waals surface area contributed by atoms with Crippen LogP contribution in [0.2, 0.25) is 0 Å². The number of carbonyl (C=O) groups is 1. The van der Waals surface area contributed by atoms with Gasteiger partial charge in [-0.3, -0.25) is 4.79 Å². The van der Waals surface area contributed by atoms with Gasteiger partial charge >= 0.3 is 0 Å². The van der Waals surface area contributed by atoms with Crippen LogP contribution in [-0.2, 0) is 4.79 Å². The summed E-state index contributed by atoms with van der Waals surface area (Å²) in [5.41, 5.74) is 1.22. The second-order valence-corrected chi connectivity index (χ2v) is 4.19. The van der Waals surface area contributed by atoms with E-state index in [9.17, 15) is 9.90 Å². The first-order valence-corrected chi connectivity index (χ1v) is 5.50. The van der Waals surface area contributed by atoms with Gasteiger partial charge in [0.05, 0.1) is 0 Å². The number of aliphatic hydroxyl groups is 1. The SMILES string of the molecule is CCC(O)C(=O)C1CC1c1ccccc1. The molecule has 15 heavy (non-hydrogen) atoms. The summed E-state index contributed by atoms with van der Waals surface area (Å²) in [6.45, 7) is 1.84. The molecule has 80 valence electrons. The molecule has 0 saturated heterocycles. The van der Waals surface area contributed by atoms with Crippen molar-refractivity contribution >= 4 is 5.78 Å². The van der Waals surface area contributed by atoms with Crippen LogP contribution in [0.1, 0.15) is 31.2 Å². The van der Waals surface area contributed by atoms with E-state index >= 15 is 0 Å². The van der Waals surface area contributed by atoms with E-state index in [-0.39, 0.29) is 11.7 Å². The van der Waals surface area contributed by atoms with Gasteiger partial charge in [0.15, 0.2) is 5.78 Å². The first-order valence-electron chi connectivity index (χ1n) is 5.50. The van der Waals surface area contributed by atoms with Crippen LogP contribution < -0.4 is 0 Å². The van der Waals surface area contributed by atoms with E-state index in [0.717, 1.165) is 6.42 Å². The van der Waals surface area contributed by atoms with Crippen LogP contribution in [0.25, 0.3) is 0 Å². The Morgan fingerprint density at radius 2 is 2.13 bits per heavy atom. The lowest BCUT2D eigenvalue weighted by atomic mass is 10.0. The predicted molar refractivity (Wildman–Crippen MR) is 58.6 cm³/mol. The van der Waals surface area contributed by atoms with Crippen LogP contribution in [0, 0.1) is 5.92 Å². The average molecular weight is 204 g/mol. The van der Waals surface area contributed by atoms with Gasteiger partial charge in [-0.15, -0.1) is 0 Å². The molecule has 1 fully saturated rings. The number of ketones is 1. The smallest absolute Gasteiger partial charge is 0.164 e. The molecule has 2 heteroatoms. The van der Waals surface area contributed by atoms with Crippen molar-refractivity contribution in [3.63, 3.8) is 0 Å². The second kappa shape index (κ2) is 4.15. The Balaban J connectivity index is 2.00. The Morgan fingerprint density at radius 1 is 1.47 bits per heavy atom. The van der Waals surface area contributed by atoms with E-state index in [1.807, 2.05) is 25.1 Å². The van der Waals surface area contributed by atoms with Crippen LogP contribution in [-0.4, -0.2) is 17.0 Å². The van der Waals surface area contributed by atoms with Crippen molar-refractivity contribution in [1.82, 2.24) is 0 Å². The predicted octanol–water partition coefficient (Wildman–Crippen LogP) is 2.13. The van der Waals surface area contributed by atoms with Gasteiger partial charge in [-0.05, 0) is 24.3 Å². The monoisotopic (exact) mass is 204 g/mol. The van der Waals surface area contributed by atoms with Gasteiger partial charge in [-0.25, -0.2) is 0 Å². The molecule has 1 aliphatic carbocycles. The summed E-state index contributed by atoms with van der Waals surface area (Å²) in [4.78, 5) is 11.7. The van der Waals surface area contributed by atoms with Crippen molar-refractivity contribution in [2.24, 2.45) is 5.92 Å². The molecule has 0 spiro atoms. The van der Waals surface area contributed by atoms with Crippen molar-refractivity contribution in [2.45, 2.75) is 31.8 Å². The Kier molecular flexibility index (Phi) is 2.87. The first kappa shape index (κ1) is 10.4. The molecule has 0 heterocycles. The van der Waals surface area contributed by atoms with E-state index in [1.165, 1.54) is 5.56 Å². The third-order valence-corrected chi connectivity index (χ3v) is 3.10. The van der Waals surface area contributed by atoms with Gasteiger partial charge in [0.25, 0.3) is 0 Å². The molecule has 1 aromatic rings. The molecule has 0 amide bonds. The van der Waals surface area contributed by atoms with Gasteiger partial charge in [-0.2, -0.15) is 0 Å². The molecular weight excluding hydrogens is 188 g/mol. The summed E-state index contributed by atoms with van der Waals surface area (Å²) < 4.78 is 0. The molecule has 3 unspecified atom stereocenters. The topological polar surface area (TPSA) is 37.3 Å². The lowest BCUT2D eigenvalue weighted by molar-refractivity contribution is -0.128. The van der Waals surface area contributed by atoms with Gasteiger partial charge in [0.2, 0.25) is 0 Å². The minimum absolute atomic E-state index is 0.0198. The van der Waals surface area contributed by atoms with Crippen molar-refractivity contribution in [3.05, 3.63) is 35.9 Å². The maximum absolute atomic E-state index is 11.7. The van der Waals surface area contributed by atoms with Gasteiger partial charge in [0, 0.05) is 5.92 Å². The quantitative estimate of drug-likeness (QED) is 0.815. The Morgan fingerprint density at radius 3 is 2.73 bits per heavy atom. The fourth-order valence-electron chi connectivity index (χ4n) is 2.03. The molecule has 2 rings (SSSR count). The van der Waals surface area contributed by atoms with Crippen molar-refractivity contribution < 1.29 is 9.90 Å². The van der Waals surface area contributed by atoms with Crippen LogP contribution in [0.3, 0.4) is 0 Å². The molecule has 1 aliphatic rings. The van der Waals surface area contributed by atoms with E-state index < -0.39 is 6.10 Å².